The predicted octanol–water partition coefficient (Wildman–Crippen LogP) is 4.24. The van der Waals surface area contributed by atoms with Crippen LogP contribution >= 0.6 is 0 Å². The van der Waals surface area contributed by atoms with Gasteiger partial charge in [0.2, 0.25) is 0 Å². The van der Waals surface area contributed by atoms with E-state index in [4.69, 9.17) is 0 Å². The number of halogens is 3. The monoisotopic (exact) mass is 301 g/mol. The van der Waals surface area contributed by atoms with E-state index in [1.165, 1.54) is 0 Å². The van der Waals surface area contributed by atoms with Crippen LogP contribution in [-0.2, 0) is 11.0 Å². The van der Waals surface area contributed by atoms with Gasteiger partial charge in [-0.3, -0.25) is 9.78 Å². The van der Waals surface area contributed by atoms with Crippen molar-refractivity contribution in [1.82, 2.24) is 4.98 Å². The smallest absolute Gasteiger partial charge is 0.433 e. The number of nitrogens with zero attached hydrogens (tertiary/aromatic N) is 1. The van der Waals surface area contributed by atoms with Crippen LogP contribution in [-0.4, -0.2) is 16.1 Å². The van der Waals surface area contributed by atoms with Crippen molar-refractivity contribution in [2.75, 3.05) is 0 Å². The molecule has 2 rings (SSSR count). The molecule has 2 atom stereocenters. The van der Waals surface area contributed by atoms with Crippen LogP contribution in [0, 0.1) is 5.41 Å². The zero-order chi connectivity index (χ0) is 15.7. The first kappa shape index (κ1) is 15.8. The zero-order valence-electron chi connectivity index (χ0n) is 11.8. The molecule has 6 heteroatoms. The molecule has 1 aliphatic rings. The third-order valence-corrected chi connectivity index (χ3v) is 4.34. The summed E-state index contributed by atoms with van der Waals surface area (Å²) in [5.41, 5.74) is -1.17. The maximum absolute atomic E-state index is 12.7. The highest BCUT2D eigenvalue weighted by Crippen LogP contribution is 2.49. The molecule has 1 aromatic rings. The maximum atomic E-state index is 12.7. The van der Waals surface area contributed by atoms with Crippen molar-refractivity contribution in [2.45, 2.75) is 51.1 Å². The van der Waals surface area contributed by atoms with Gasteiger partial charge in [-0.2, -0.15) is 13.2 Å². The van der Waals surface area contributed by atoms with Crippen molar-refractivity contribution in [3.8, 4) is 0 Å². The van der Waals surface area contributed by atoms with Gasteiger partial charge in [0.05, 0.1) is 5.41 Å². The highest BCUT2D eigenvalue weighted by atomic mass is 19.4. The summed E-state index contributed by atoms with van der Waals surface area (Å²) in [6.45, 7) is 1.92. The maximum Gasteiger partial charge on any atom is 0.433 e. The molecule has 0 spiro atoms. The summed E-state index contributed by atoms with van der Waals surface area (Å²) in [5, 5.41) is 9.45. The van der Waals surface area contributed by atoms with Crippen molar-refractivity contribution in [3.63, 3.8) is 0 Å². The van der Waals surface area contributed by atoms with Crippen LogP contribution < -0.4 is 0 Å². The molecule has 1 aliphatic carbocycles. The number of carboxylic acid groups (broad SMARTS) is 1. The minimum absolute atomic E-state index is 0.142. The van der Waals surface area contributed by atoms with Crippen molar-refractivity contribution >= 4 is 5.97 Å². The average Bonchev–Trinajstić information content (AvgIpc) is 2.84. The zero-order valence-corrected chi connectivity index (χ0v) is 11.8. The largest absolute Gasteiger partial charge is 0.481 e. The fourth-order valence-electron chi connectivity index (χ4n) is 3.27. The highest BCUT2D eigenvalue weighted by molar-refractivity contribution is 5.75. The standard InChI is InChI=1S/C15H18F3NO2/c1-2-5-14(13(20)21)6-3-11(9-14)10-4-7-19-12(8-10)15(16,17)18/h4,7-8,11H,2-3,5-6,9H2,1H3,(H,20,21). The first-order chi connectivity index (χ1) is 9.78. The van der Waals surface area contributed by atoms with E-state index in [1.54, 1.807) is 6.07 Å². The van der Waals surface area contributed by atoms with Crippen LogP contribution in [0.1, 0.15) is 56.2 Å². The van der Waals surface area contributed by atoms with E-state index in [-0.39, 0.29) is 5.92 Å². The lowest BCUT2D eigenvalue weighted by atomic mass is 9.80. The van der Waals surface area contributed by atoms with E-state index in [9.17, 15) is 23.1 Å². The molecule has 0 aliphatic heterocycles. The molecular formula is C15H18F3NO2. The van der Waals surface area contributed by atoms with Gasteiger partial charge in [-0.15, -0.1) is 0 Å². The fraction of sp³-hybridized carbons (Fsp3) is 0.600. The fourth-order valence-corrected chi connectivity index (χ4v) is 3.27. The van der Waals surface area contributed by atoms with Gasteiger partial charge in [-0.05, 0) is 49.3 Å². The first-order valence-electron chi connectivity index (χ1n) is 7.05. The van der Waals surface area contributed by atoms with Crippen LogP contribution in [0.25, 0.3) is 0 Å². The normalized spacial score (nSPS) is 26.0. The number of aromatic nitrogens is 1. The van der Waals surface area contributed by atoms with E-state index < -0.39 is 23.3 Å². The van der Waals surface area contributed by atoms with Crippen LogP contribution in [0.3, 0.4) is 0 Å². The summed E-state index contributed by atoms with van der Waals surface area (Å²) in [6, 6.07) is 2.61. The van der Waals surface area contributed by atoms with Gasteiger partial charge in [0.1, 0.15) is 5.69 Å². The Morgan fingerprint density at radius 1 is 1.52 bits per heavy atom. The second kappa shape index (κ2) is 5.66. The summed E-state index contributed by atoms with van der Waals surface area (Å²) in [7, 11) is 0. The van der Waals surface area contributed by atoms with Crippen LogP contribution in [0.15, 0.2) is 18.3 Å². The third kappa shape index (κ3) is 3.19. The number of carboxylic acids is 1. The molecule has 1 aromatic heterocycles. The number of alkyl halides is 3. The Kier molecular flexibility index (Phi) is 4.25. The van der Waals surface area contributed by atoms with Gasteiger partial charge in [-0.25, -0.2) is 0 Å². The summed E-state index contributed by atoms with van der Waals surface area (Å²) >= 11 is 0. The minimum atomic E-state index is -4.47. The van der Waals surface area contributed by atoms with Gasteiger partial charge >= 0.3 is 12.1 Å². The number of hydrogen-bond acceptors (Lipinski definition) is 2. The SMILES string of the molecule is CCCC1(C(=O)O)CCC(c2ccnc(C(F)(F)F)c2)C1. The molecule has 0 amide bonds. The van der Waals surface area contributed by atoms with E-state index >= 15 is 0 Å². The lowest BCUT2D eigenvalue weighted by Crippen LogP contribution is -2.27. The van der Waals surface area contributed by atoms with E-state index in [2.05, 4.69) is 4.98 Å². The molecule has 0 bridgehead atoms. The number of carbonyl (C=O) groups is 1. The summed E-state index contributed by atoms with van der Waals surface area (Å²) in [4.78, 5) is 14.9. The average molecular weight is 301 g/mol. The lowest BCUT2D eigenvalue weighted by molar-refractivity contribution is -0.149. The van der Waals surface area contributed by atoms with Crippen LogP contribution in [0.2, 0.25) is 0 Å². The molecule has 21 heavy (non-hydrogen) atoms. The first-order valence-corrected chi connectivity index (χ1v) is 7.05. The quantitative estimate of drug-likeness (QED) is 0.905. The Bertz CT molecular complexity index is 530. The molecule has 0 aromatic carbocycles. The number of pyridine rings is 1. The summed E-state index contributed by atoms with van der Waals surface area (Å²) in [5.74, 6) is -0.978. The number of aliphatic carboxylic acids is 1. The van der Waals surface area contributed by atoms with Gasteiger partial charge in [0, 0.05) is 6.20 Å². The van der Waals surface area contributed by atoms with Crippen molar-refractivity contribution in [2.24, 2.45) is 5.41 Å². The lowest BCUT2D eigenvalue weighted by Gasteiger charge is -2.23. The molecule has 2 unspecified atom stereocenters. The summed E-state index contributed by atoms with van der Waals surface area (Å²) in [6.07, 6.45) is -0.477. The van der Waals surface area contributed by atoms with E-state index in [1.807, 2.05) is 6.92 Å². The Morgan fingerprint density at radius 3 is 2.81 bits per heavy atom. The molecule has 3 nitrogen and oxygen atoms in total. The number of rotatable bonds is 4. The topological polar surface area (TPSA) is 50.2 Å². The molecule has 116 valence electrons. The van der Waals surface area contributed by atoms with Crippen molar-refractivity contribution in [3.05, 3.63) is 29.6 Å². The van der Waals surface area contributed by atoms with Crippen LogP contribution in [0.5, 0.6) is 0 Å². The van der Waals surface area contributed by atoms with Crippen molar-refractivity contribution < 1.29 is 23.1 Å². The van der Waals surface area contributed by atoms with Crippen molar-refractivity contribution in [1.29, 1.82) is 0 Å². The summed E-state index contributed by atoms with van der Waals surface area (Å²) < 4.78 is 38.1. The molecule has 1 N–H and O–H groups in total. The van der Waals surface area contributed by atoms with Gasteiger partial charge in [-0.1, -0.05) is 13.3 Å². The molecule has 1 heterocycles. The minimum Gasteiger partial charge on any atom is -0.481 e. The van der Waals surface area contributed by atoms with Gasteiger partial charge in [0.15, 0.2) is 0 Å². The third-order valence-electron chi connectivity index (χ3n) is 4.34. The Labute approximate surface area is 121 Å². The highest BCUT2D eigenvalue weighted by Gasteiger charge is 2.45. The molecule has 0 saturated heterocycles. The second-order valence-corrected chi connectivity index (χ2v) is 5.75. The molecular weight excluding hydrogens is 283 g/mol. The van der Waals surface area contributed by atoms with E-state index in [0.29, 0.717) is 31.2 Å². The van der Waals surface area contributed by atoms with E-state index in [0.717, 1.165) is 18.7 Å². The second-order valence-electron chi connectivity index (χ2n) is 5.75. The Balaban J connectivity index is 2.23. The molecule has 1 fully saturated rings. The number of hydrogen-bond donors (Lipinski definition) is 1. The Morgan fingerprint density at radius 2 is 2.24 bits per heavy atom. The predicted molar refractivity (Wildman–Crippen MR) is 70.8 cm³/mol. The van der Waals surface area contributed by atoms with Gasteiger partial charge in [0.25, 0.3) is 0 Å². The Hall–Kier alpha value is -1.59. The molecule has 1 saturated carbocycles. The van der Waals surface area contributed by atoms with Crippen LogP contribution in [0.4, 0.5) is 13.2 Å². The van der Waals surface area contributed by atoms with Gasteiger partial charge < -0.3 is 5.11 Å². The molecule has 0 radical (unpaired) electrons.